The van der Waals surface area contributed by atoms with Crippen molar-refractivity contribution in [2.24, 2.45) is 0 Å². The van der Waals surface area contributed by atoms with Crippen LogP contribution >= 0.6 is 0 Å². The van der Waals surface area contributed by atoms with Crippen molar-refractivity contribution in [3.63, 3.8) is 0 Å². The fourth-order valence-corrected chi connectivity index (χ4v) is 2.05. The molecule has 4 heteroatoms. The summed E-state index contributed by atoms with van der Waals surface area (Å²) < 4.78 is 10.5. The van der Waals surface area contributed by atoms with Gasteiger partial charge in [0.15, 0.2) is 0 Å². The molecule has 0 amide bonds. The first-order valence-electron chi connectivity index (χ1n) is 5.68. The van der Waals surface area contributed by atoms with Crippen LogP contribution in [0, 0.1) is 0 Å². The molecule has 0 N–H and O–H groups in total. The van der Waals surface area contributed by atoms with Crippen LogP contribution in [0.2, 0.25) is 0 Å². The van der Waals surface area contributed by atoms with E-state index in [1.165, 1.54) is 0 Å². The first-order valence-corrected chi connectivity index (χ1v) is 5.68. The third-order valence-electron chi connectivity index (χ3n) is 3.00. The Morgan fingerprint density at radius 3 is 2.71 bits per heavy atom. The van der Waals surface area contributed by atoms with Gasteiger partial charge in [-0.25, -0.2) is 0 Å². The number of ketones is 1. The van der Waals surface area contributed by atoms with Crippen LogP contribution in [0.25, 0.3) is 0 Å². The number of carbonyl (C=O) groups is 1. The molecule has 92 valence electrons. The molecule has 0 saturated carbocycles. The van der Waals surface area contributed by atoms with Crippen molar-refractivity contribution < 1.29 is 14.3 Å². The molecular weight excluding hydrogens is 218 g/mol. The molecule has 0 radical (unpaired) electrons. The van der Waals surface area contributed by atoms with Gasteiger partial charge in [-0.2, -0.15) is 0 Å². The normalized spacial score (nSPS) is 16.2. The van der Waals surface area contributed by atoms with Gasteiger partial charge in [0.25, 0.3) is 0 Å². The standard InChI is InChI=1S/C13H17NO3/c1-16-12-4-3-10(13(7-12)17-2)8-14-6-5-11(15)9-14/h3-4,7H,5-6,8-9H2,1-2H3. The number of rotatable bonds is 4. The second-order valence-corrected chi connectivity index (χ2v) is 4.18. The summed E-state index contributed by atoms with van der Waals surface area (Å²) in [5.41, 5.74) is 1.09. The number of ether oxygens (including phenoxy) is 2. The Labute approximate surface area is 101 Å². The van der Waals surface area contributed by atoms with Crippen LogP contribution in [0.1, 0.15) is 12.0 Å². The lowest BCUT2D eigenvalue weighted by atomic mass is 10.2. The zero-order chi connectivity index (χ0) is 12.3. The van der Waals surface area contributed by atoms with Crippen molar-refractivity contribution in [2.75, 3.05) is 27.3 Å². The maximum atomic E-state index is 11.2. The lowest BCUT2D eigenvalue weighted by Crippen LogP contribution is -2.20. The minimum atomic E-state index is 0.317. The summed E-state index contributed by atoms with van der Waals surface area (Å²) >= 11 is 0. The number of hydrogen-bond donors (Lipinski definition) is 0. The molecule has 4 nitrogen and oxygen atoms in total. The topological polar surface area (TPSA) is 38.8 Å². The Bertz CT molecular complexity index is 417. The van der Waals surface area contributed by atoms with Gasteiger partial charge in [-0.05, 0) is 6.07 Å². The molecule has 0 aromatic heterocycles. The van der Waals surface area contributed by atoms with E-state index in [1.807, 2.05) is 18.2 Å². The number of carbonyl (C=O) groups excluding carboxylic acids is 1. The van der Waals surface area contributed by atoms with Gasteiger partial charge in [0.2, 0.25) is 0 Å². The summed E-state index contributed by atoms with van der Waals surface area (Å²) in [5, 5.41) is 0. The lowest BCUT2D eigenvalue weighted by Gasteiger charge is -2.16. The predicted molar refractivity (Wildman–Crippen MR) is 64.4 cm³/mol. The zero-order valence-corrected chi connectivity index (χ0v) is 10.2. The van der Waals surface area contributed by atoms with Gasteiger partial charge in [-0.1, -0.05) is 6.07 Å². The summed E-state index contributed by atoms with van der Waals surface area (Å²) in [6.07, 6.45) is 0.665. The average molecular weight is 235 g/mol. The molecule has 17 heavy (non-hydrogen) atoms. The molecule has 1 aromatic carbocycles. The quantitative estimate of drug-likeness (QED) is 0.792. The summed E-state index contributed by atoms with van der Waals surface area (Å²) in [4.78, 5) is 13.3. The number of likely N-dealkylation sites (tertiary alicyclic amines) is 1. The van der Waals surface area contributed by atoms with E-state index in [1.54, 1.807) is 14.2 Å². The number of Topliss-reactive ketones (excluding diaryl/α,β-unsaturated/α-hetero) is 1. The van der Waals surface area contributed by atoms with Crippen molar-refractivity contribution in [3.8, 4) is 11.5 Å². The summed E-state index contributed by atoms with van der Waals surface area (Å²) in [6, 6.07) is 5.77. The smallest absolute Gasteiger partial charge is 0.148 e. The molecule has 1 aromatic rings. The van der Waals surface area contributed by atoms with Gasteiger partial charge in [0.05, 0.1) is 20.8 Å². The molecule has 0 aliphatic carbocycles. The van der Waals surface area contributed by atoms with Crippen LogP contribution in [0.4, 0.5) is 0 Å². The van der Waals surface area contributed by atoms with Gasteiger partial charge >= 0.3 is 0 Å². The van der Waals surface area contributed by atoms with Gasteiger partial charge in [0.1, 0.15) is 17.3 Å². The number of methoxy groups -OCH3 is 2. The summed E-state index contributed by atoms with van der Waals surface area (Å²) in [7, 11) is 3.28. The number of benzene rings is 1. The van der Waals surface area contributed by atoms with E-state index >= 15 is 0 Å². The Hall–Kier alpha value is -1.55. The highest BCUT2D eigenvalue weighted by atomic mass is 16.5. The van der Waals surface area contributed by atoms with Crippen molar-refractivity contribution >= 4 is 5.78 Å². The minimum Gasteiger partial charge on any atom is -0.497 e. The maximum absolute atomic E-state index is 11.2. The van der Waals surface area contributed by atoms with Crippen molar-refractivity contribution in [2.45, 2.75) is 13.0 Å². The van der Waals surface area contributed by atoms with Gasteiger partial charge in [0, 0.05) is 31.1 Å². The molecular formula is C13H17NO3. The monoisotopic (exact) mass is 235 g/mol. The molecule has 0 unspecified atom stereocenters. The molecule has 0 atom stereocenters. The summed E-state index contributed by atoms with van der Waals surface area (Å²) in [5.74, 6) is 1.91. The van der Waals surface area contributed by atoms with Gasteiger partial charge in [-0.15, -0.1) is 0 Å². The fraction of sp³-hybridized carbons (Fsp3) is 0.462. The molecule has 1 saturated heterocycles. The lowest BCUT2D eigenvalue weighted by molar-refractivity contribution is -0.116. The van der Waals surface area contributed by atoms with Crippen LogP contribution in [-0.4, -0.2) is 38.0 Å². The molecule has 0 bridgehead atoms. The van der Waals surface area contributed by atoms with Crippen molar-refractivity contribution in [1.29, 1.82) is 0 Å². The number of nitrogens with zero attached hydrogens (tertiary/aromatic N) is 1. The van der Waals surface area contributed by atoms with E-state index < -0.39 is 0 Å². The van der Waals surface area contributed by atoms with E-state index in [4.69, 9.17) is 9.47 Å². The first-order chi connectivity index (χ1) is 8.22. The SMILES string of the molecule is COc1ccc(CN2CCC(=O)C2)c(OC)c1. The first kappa shape index (κ1) is 11.9. The van der Waals surface area contributed by atoms with Gasteiger partial charge < -0.3 is 9.47 Å². The van der Waals surface area contributed by atoms with Crippen molar-refractivity contribution in [3.05, 3.63) is 23.8 Å². The van der Waals surface area contributed by atoms with E-state index in [9.17, 15) is 4.79 Å². The Morgan fingerprint density at radius 2 is 2.12 bits per heavy atom. The largest absolute Gasteiger partial charge is 0.497 e. The third kappa shape index (κ3) is 2.77. The number of hydrogen-bond acceptors (Lipinski definition) is 4. The van der Waals surface area contributed by atoms with Crippen LogP contribution in [-0.2, 0) is 11.3 Å². The summed E-state index contributed by atoms with van der Waals surface area (Å²) in [6.45, 7) is 2.14. The average Bonchev–Trinajstić information content (AvgIpc) is 2.75. The van der Waals surface area contributed by atoms with E-state index in [0.717, 1.165) is 30.2 Å². The van der Waals surface area contributed by atoms with E-state index in [0.29, 0.717) is 18.7 Å². The van der Waals surface area contributed by atoms with E-state index in [2.05, 4.69) is 4.90 Å². The third-order valence-corrected chi connectivity index (χ3v) is 3.00. The highest BCUT2D eigenvalue weighted by Crippen LogP contribution is 2.26. The fourth-order valence-electron chi connectivity index (χ4n) is 2.05. The second-order valence-electron chi connectivity index (χ2n) is 4.18. The van der Waals surface area contributed by atoms with Crippen LogP contribution < -0.4 is 9.47 Å². The Kier molecular flexibility index (Phi) is 3.64. The molecule has 2 rings (SSSR count). The highest BCUT2D eigenvalue weighted by Gasteiger charge is 2.20. The highest BCUT2D eigenvalue weighted by molar-refractivity contribution is 5.82. The molecule has 1 aliphatic rings. The Morgan fingerprint density at radius 1 is 1.29 bits per heavy atom. The minimum absolute atomic E-state index is 0.317. The molecule has 1 heterocycles. The Balaban J connectivity index is 2.12. The molecule has 1 aliphatic heterocycles. The van der Waals surface area contributed by atoms with Crippen LogP contribution in [0.3, 0.4) is 0 Å². The van der Waals surface area contributed by atoms with E-state index in [-0.39, 0.29) is 0 Å². The van der Waals surface area contributed by atoms with Crippen LogP contribution in [0.15, 0.2) is 18.2 Å². The van der Waals surface area contributed by atoms with Crippen molar-refractivity contribution in [1.82, 2.24) is 4.90 Å². The maximum Gasteiger partial charge on any atom is 0.148 e. The predicted octanol–water partition coefficient (Wildman–Crippen LogP) is 1.48. The van der Waals surface area contributed by atoms with Gasteiger partial charge in [-0.3, -0.25) is 9.69 Å². The van der Waals surface area contributed by atoms with Crippen LogP contribution in [0.5, 0.6) is 11.5 Å². The second kappa shape index (κ2) is 5.19. The zero-order valence-electron chi connectivity index (χ0n) is 10.2. The molecule has 0 spiro atoms. The molecule has 1 fully saturated rings.